The van der Waals surface area contributed by atoms with Crippen LogP contribution in [0.4, 0.5) is 11.5 Å². The molecule has 0 radical (unpaired) electrons. The van der Waals surface area contributed by atoms with Gasteiger partial charge in [-0.25, -0.2) is 0 Å². The molecule has 1 amide bonds. The zero-order valence-electron chi connectivity index (χ0n) is 11.2. The van der Waals surface area contributed by atoms with Crippen molar-refractivity contribution in [1.29, 1.82) is 0 Å². The summed E-state index contributed by atoms with van der Waals surface area (Å²) < 4.78 is 0. The number of hydrogen-bond donors (Lipinski definition) is 3. The fraction of sp³-hybridized carbons (Fsp3) is 0.333. The van der Waals surface area contributed by atoms with Crippen molar-refractivity contribution in [2.45, 2.75) is 31.6 Å². The predicted octanol–water partition coefficient (Wildman–Crippen LogP) is 2.44. The maximum absolute atomic E-state index is 12.0. The fourth-order valence-electron chi connectivity index (χ4n) is 2.40. The highest BCUT2D eigenvalue weighted by Gasteiger charge is 2.22. The number of benzene rings is 1. The van der Waals surface area contributed by atoms with E-state index < -0.39 is 0 Å². The molecule has 0 spiro atoms. The van der Waals surface area contributed by atoms with Gasteiger partial charge >= 0.3 is 0 Å². The minimum Gasteiger partial charge on any atom is -0.399 e. The van der Waals surface area contributed by atoms with E-state index in [9.17, 15) is 4.79 Å². The number of rotatable bonds is 4. The zero-order valence-corrected chi connectivity index (χ0v) is 11.2. The van der Waals surface area contributed by atoms with Crippen LogP contribution in [0.2, 0.25) is 0 Å². The molecule has 0 unspecified atom stereocenters. The summed E-state index contributed by atoms with van der Waals surface area (Å²) in [7, 11) is 0. The van der Waals surface area contributed by atoms with Crippen LogP contribution in [0.25, 0.3) is 0 Å². The Balaban J connectivity index is 1.59. The summed E-state index contributed by atoms with van der Waals surface area (Å²) in [5.41, 5.74) is 8.32. The molecule has 2 aromatic rings. The summed E-state index contributed by atoms with van der Waals surface area (Å²) in [6.45, 7) is 0. The van der Waals surface area contributed by atoms with Crippen LogP contribution < -0.4 is 11.1 Å². The Morgan fingerprint density at radius 3 is 2.95 bits per heavy atom. The van der Waals surface area contributed by atoms with Crippen molar-refractivity contribution in [2.75, 3.05) is 11.1 Å². The van der Waals surface area contributed by atoms with E-state index in [1.165, 1.54) is 19.3 Å². The molecule has 1 heterocycles. The minimum absolute atomic E-state index is 0.0700. The van der Waals surface area contributed by atoms with Crippen molar-refractivity contribution >= 4 is 17.4 Å². The lowest BCUT2D eigenvalue weighted by Crippen LogP contribution is -2.14. The highest BCUT2D eigenvalue weighted by Crippen LogP contribution is 2.35. The number of aromatic amines is 1. The SMILES string of the molecule is Nc1cccc(CC(=O)Nc2cc(C3CCC3)n[nH]2)c1. The number of nitrogen functional groups attached to an aromatic ring is 1. The summed E-state index contributed by atoms with van der Waals surface area (Å²) in [4.78, 5) is 12.0. The van der Waals surface area contributed by atoms with Gasteiger partial charge in [0.2, 0.25) is 5.91 Å². The van der Waals surface area contributed by atoms with Gasteiger partial charge in [-0.2, -0.15) is 5.10 Å². The Hall–Kier alpha value is -2.30. The van der Waals surface area contributed by atoms with Crippen molar-refractivity contribution in [3.63, 3.8) is 0 Å². The fourth-order valence-corrected chi connectivity index (χ4v) is 2.40. The molecule has 1 aliphatic carbocycles. The van der Waals surface area contributed by atoms with Crippen LogP contribution in [0.5, 0.6) is 0 Å². The summed E-state index contributed by atoms with van der Waals surface area (Å²) in [6, 6.07) is 9.29. The number of carbonyl (C=O) groups is 1. The van der Waals surface area contributed by atoms with Gasteiger partial charge in [0.25, 0.3) is 0 Å². The summed E-state index contributed by atoms with van der Waals surface area (Å²) in [6.07, 6.45) is 3.97. The molecule has 0 aliphatic heterocycles. The van der Waals surface area contributed by atoms with Crippen molar-refractivity contribution in [3.05, 3.63) is 41.6 Å². The maximum atomic E-state index is 12.0. The number of hydrogen-bond acceptors (Lipinski definition) is 3. The van der Waals surface area contributed by atoms with Crippen LogP contribution in [0, 0.1) is 0 Å². The molecule has 1 aromatic carbocycles. The van der Waals surface area contributed by atoms with Gasteiger partial charge in [0, 0.05) is 17.7 Å². The average molecular weight is 270 g/mol. The molecule has 1 aromatic heterocycles. The van der Waals surface area contributed by atoms with E-state index in [1.54, 1.807) is 6.07 Å². The Morgan fingerprint density at radius 1 is 1.40 bits per heavy atom. The van der Waals surface area contributed by atoms with E-state index in [1.807, 2.05) is 24.3 Å². The highest BCUT2D eigenvalue weighted by molar-refractivity contribution is 5.91. The third-order valence-electron chi connectivity index (χ3n) is 3.71. The van der Waals surface area contributed by atoms with Crippen LogP contribution in [0.3, 0.4) is 0 Å². The van der Waals surface area contributed by atoms with Crippen LogP contribution in [0.1, 0.15) is 36.4 Å². The number of amides is 1. The highest BCUT2D eigenvalue weighted by atomic mass is 16.1. The number of aromatic nitrogens is 2. The molecule has 5 heteroatoms. The predicted molar refractivity (Wildman–Crippen MR) is 78.4 cm³/mol. The van der Waals surface area contributed by atoms with Crippen LogP contribution in [-0.4, -0.2) is 16.1 Å². The molecule has 0 atom stereocenters. The molecule has 1 fully saturated rings. The Bertz CT molecular complexity index is 616. The largest absolute Gasteiger partial charge is 0.399 e. The van der Waals surface area contributed by atoms with Crippen LogP contribution in [-0.2, 0) is 11.2 Å². The monoisotopic (exact) mass is 270 g/mol. The topological polar surface area (TPSA) is 83.8 Å². The molecule has 3 rings (SSSR count). The second-order valence-corrected chi connectivity index (χ2v) is 5.30. The smallest absolute Gasteiger partial charge is 0.229 e. The first-order valence-corrected chi connectivity index (χ1v) is 6.90. The first-order valence-electron chi connectivity index (χ1n) is 6.90. The Labute approximate surface area is 117 Å². The van der Waals surface area contributed by atoms with Gasteiger partial charge in [0.1, 0.15) is 5.82 Å². The van der Waals surface area contributed by atoms with Crippen LogP contribution in [0.15, 0.2) is 30.3 Å². The van der Waals surface area contributed by atoms with E-state index in [0.29, 0.717) is 23.8 Å². The standard InChI is InChI=1S/C15H18N4O/c16-12-6-1-3-10(7-12)8-15(20)17-14-9-13(18-19-14)11-4-2-5-11/h1,3,6-7,9,11H,2,4-5,8,16H2,(H2,17,18,19,20). The number of nitrogens with zero attached hydrogens (tertiary/aromatic N) is 1. The maximum Gasteiger partial charge on any atom is 0.229 e. The molecule has 1 saturated carbocycles. The second-order valence-electron chi connectivity index (χ2n) is 5.30. The Morgan fingerprint density at radius 2 is 2.25 bits per heavy atom. The molecule has 0 saturated heterocycles. The number of carbonyl (C=O) groups excluding carboxylic acids is 1. The van der Waals surface area contributed by atoms with Gasteiger partial charge in [-0.1, -0.05) is 18.6 Å². The van der Waals surface area contributed by atoms with Gasteiger partial charge in [-0.3, -0.25) is 9.89 Å². The van der Waals surface area contributed by atoms with Gasteiger partial charge in [0.15, 0.2) is 0 Å². The minimum atomic E-state index is -0.0700. The molecular weight excluding hydrogens is 252 g/mol. The molecular formula is C15H18N4O. The lowest BCUT2D eigenvalue weighted by atomic mass is 9.83. The Kier molecular flexibility index (Phi) is 3.41. The number of nitrogens with two attached hydrogens (primary N) is 1. The van der Waals surface area contributed by atoms with Crippen LogP contribution >= 0.6 is 0 Å². The summed E-state index contributed by atoms with van der Waals surface area (Å²) in [5.74, 6) is 1.16. The normalized spacial score (nSPS) is 14.8. The molecule has 1 aliphatic rings. The third kappa shape index (κ3) is 2.82. The molecule has 20 heavy (non-hydrogen) atoms. The lowest BCUT2D eigenvalue weighted by Gasteiger charge is -2.22. The van der Waals surface area contributed by atoms with E-state index in [2.05, 4.69) is 15.5 Å². The van der Waals surface area contributed by atoms with E-state index in [4.69, 9.17) is 5.73 Å². The summed E-state index contributed by atoms with van der Waals surface area (Å²) in [5, 5.41) is 9.96. The number of H-pyrrole nitrogens is 1. The van der Waals surface area contributed by atoms with Crippen molar-refractivity contribution < 1.29 is 4.79 Å². The first kappa shape index (κ1) is 12.7. The van der Waals surface area contributed by atoms with Gasteiger partial charge in [-0.05, 0) is 30.5 Å². The molecule has 5 nitrogen and oxygen atoms in total. The average Bonchev–Trinajstić information content (AvgIpc) is 2.74. The van der Waals surface area contributed by atoms with E-state index in [-0.39, 0.29) is 5.91 Å². The van der Waals surface area contributed by atoms with E-state index >= 15 is 0 Å². The van der Waals surface area contributed by atoms with E-state index in [0.717, 1.165) is 11.3 Å². The molecule has 4 N–H and O–H groups in total. The second kappa shape index (κ2) is 5.36. The van der Waals surface area contributed by atoms with Crippen molar-refractivity contribution in [3.8, 4) is 0 Å². The lowest BCUT2D eigenvalue weighted by molar-refractivity contribution is -0.115. The third-order valence-corrected chi connectivity index (χ3v) is 3.71. The van der Waals surface area contributed by atoms with Gasteiger partial charge in [-0.15, -0.1) is 0 Å². The quantitative estimate of drug-likeness (QED) is 0.746. The van der Waals surface area contributed by atoms with Gasteiger partial charge in [0.05, 0.1) is 12.1 Å². The number of nitrogens with one attached hydrogen (secondary N) is 2. The number of anilines is 2. The molecule has 104 valence electrons. The zero-order chi connectivity index (χ0) is 13.9. The van der Waals surface area contributed by atoms with Crippen molar-refractivity contribution in [1.82, 2.24) is 10.2 Å². The first-order chi connectivity index (χ1) is 9.70. The summed E-state index contributed by atoms with van der Waals surface area (Å²) >= 11 is 0. The van der Waals surface area contributed by atoms with Gasteiger partial charge < -0.3 is 11.1 Å². The molecule has 0 bridgehead atoms. The van der Waals surface area contributed by atoms with Crippen molar-refractivity contribution in [2.24, 2.45) is 0 Å².